The maximum Gasteiger partial charge on any atom is 0.277 e. The number of hydrogen-bond donors (Lipinski definition) is 1. The SMILES string of the molecule is CC(C)Oc1nccc2c(F)n[nH]c(=O)c12. The number of pyridine rings is 1. The van der Waals surface area contributed by atoms with Crippen molar-refractivity contribution in [3.63, 3.8) is 0 Å². The first kappa shape index (κ1) is 10.5. The Morgan fingerprint density at radius 1 is 1.50 bits per heavy atom. The third-order valence-corrected chi connectivity index (χ3v) is 1.97. The Morgan fingerprint density at radius 3 is 2.94 bits per heavy atom. The summed E-state index contributed by atoms with van der Waals surface area (Å²) >= 11 is 0. The second kappa shape index (κ2) is 3.88. The summed E-state index contributed by atoms with van der Waals surface area (Å²) < 4.78 is 18.7. The van der Waals surface area contributed by atoms with Crippen molar-refractivity contribution in [1.82, 2.24) is 15.2 Å². The van der Waals surface area contributed by atoms with Gasteiger partial charge in [-0.3, -0.25) is 4.79 Å². The van der Waals surface area contributed by atoms with Crippen molar-refractivity contribution in [2.75, 3.05) is 0 Å². The van der Waals surface area contributed by atoms with Gasteiger partial charge < -0.3 is 4.74 Å². The maximum absolute atomic E-state index is 13.3. The minimum Gasteiger partial charge on any atom is -0.474 e. The van der Waals surface area contributed by atoms with Gasteiger partial charge in [-0.1, -0.05) is 0 Å². The van der Waals surface area contributed by atoms with Gasteiger partial charge in [0.1, 0.15) is 5.39 Å². The van der Waals surface area contributed by atoms with Crippen molar-refractivity contribution in [3.05, 3.63) is 28.6 Å². The average molecular weight is 223 g/mol. The first-order valence-electron chi connectivity index (χ1n) is 4.79. The molecule has 0 unspecified atom stereocenters. The van der Waals surface area contributed by atoms with Gasteiger partial charge in [-0.2, -0.15) is 4.39 Å². The van der Waals surface area contributed by atoms with Crippen LogP contribution in [0.15, 0.2) is 17.1 Å². The fraction of sp³-hybridized carbons (Fsp3) is 0.300. The third kappa shape index (κ3) is 1.73. The number of fused-ring (bicyclic) bond motifs is 1. The molecule has 5 nitrogen and oxygen atoms in total. The molecule has 0 amide bonds. The molecule has 0 radical (unpaired) electrons. The summed E-state index contributed by atoms with van der Waals surface area (Å²) in [4.78, 5) is 15.4. The highest BCUT2D eigenvalue weighted by atomic mass is 19.1. The number of rotatable bonds is 2. The van der Waals surface area contributed by atoms with E-state index >= 15 is 0 Å². The van der Waals surface area contributed by atoms with E-state index in [1.54, 1.807) is 13.8 Å². The molecular formula is C10H10FN3O2. The van der Waals surface area contributed by atoms with E-state index in [9.17, 15) is 9.18 Å². The number of ether oxygens (including phenoxy) is 1. The van der Waals surface area contributed by atoms with Crippen LogP contribution in [0.5, 0.6) is 5.88 Å². The molecule has 0 saturated heterocycles. The predicted octanol–water partition coefficient (Wildman–Crippen LogP) is 1.24. The summed E-state index contributed by atoms with van der Waals surface area (Å²) in [5.41, 5.74) is -0.514. The topological polar surface area (TPSA) is 67.9 Å². The first-order valence-corrected chi connectivity index (χ1v) is 4.79. The van der Waals surface area contributed by atoms with Crippen molar-refractivity contribution < 1.29 is 9.13 Å². The van der Waals surface area contributed by atoms with Crippen molar-refractivity contribution in [1.29, 1.82) is 0 Å². The van der Waals surface area contributed by atoms with Gasteiger partial charge in [0.25, 0.3) is 5.56 Å². The van der Waals surface area contributed by atoms with Gasteiger partial charge >= 0.3 is 0 Å². The smallest absolute Gasteiger partial charge is 0.277 e. The predicted molar refractivity (Wildman–Crippen MR) is 55.9 cm³/mol. The number of nitrogens with one attached hydrogen (secondary N) is 1. The zero-order chi connectivity index (χ0) is 11.7. The summed E-state index contributed by atoms with van der Waals surface area (Å²) in [6, 6.07) is 1.39. The molecule has 0 aromatic carbocycles. The molecule has 0 aliphatic heterocycles. The number of aromatic nitrogens is 3. The Labute approximate surface area is 90.3 Å². The van der Waals surface area contributed by atoms with Gasteiger partial charge in [-0.05, 0) is 19.9 Å². The number of nitrogens with zero attached hydrogens (tertiary/aromatic N) is 2. The largest absolute Gasteiger partial charge is 0.474 e. The number of H-pyrrole nitrogens is 1. The zero-order valence-electron chi connectivity index (χ0n) is 8.82. The summed E-state index contributed by atoms with van der Waals surface area (Å²) in [7, 11) is 0. The van der Waals surface area contributed by atoms with Gasteiger partial charge in [0.2, 0.25) is 11.8 Å². The molecule has 6 heteroatoms. The molecule has 2 rings (SSSR count). The second-order valence-electron chi connectivity index (χ2n) is 3.55. The minimum absolute atomic E-state index is 0.0868. The van der Waals surface area contributed by atoms with Crippen LogP contribution in [-0.2, 0) is 0 Å². The Balaban J connectivity index is 2.76. The van der Waals surface area contributed by atoms with E-state index in [0.29, 0.717) is 0 Å². The van der Waals surface area contributed by atoms with E-state index in [4.69, 9.17) is 4.74 Å². The Kier molecular flexibility index (Phi) is 2.55. The van der Waals surface area contributed by atoms with Crippen LogP contribution >= 0.6 is 0 Å². The van der Waals surface area contributed by atoms with Crippen LogP contribution in [0.4, 0.5) is 4.39 Å². The molecule has 0 aliphatic carbocycles. The minimum atomic E-state index is -0.745. The highest BCUT2D eigenvalue weighted by Crippen LogP contribution is 2.20. The second-order valence-corrected chi connectivity index (χ2v) is 3.55. The summed E-state index contributed by atoms with van der Waals surface area (Å²) in [5.74, 6) is -0.624. The zero-order valence-corrected chi connectivity index (χ0v) is 8.82. The molecular weight excluding hydrogens is 213 g/mol. The van der Waals surface area contributed by atoms with E-state index in [0.717, 1.165) is 0 Å². The van der Waals surface area contributed by atoms with E-state index in [1.807, 2.05) is 0 Å². The van der Waals surface area contributed by atoms with E-state index in [-0.39, 0.29) is 22.8 Å². The molecule has 0 aliphatic rings. The lowest BCUT2D eigenvalue weighted by Crippen LogP contribution is -2.15. The van der Waals surface area contributed by atoms with Gasteiger partial charge in [0.15, 0.2) is 0 Å². The molecule has 0 fully saturated rings. The van der Waals surface area contributed by atoms with Crippen molar-refractivity contribution in [3.8, 4) is 5.88 Å². The maximum atomic E-state index is 13.3. The fourth-order valence-electron chi connectivity index (χ4n) is 1.36. The fourth-order valence-corrected chi connectivity index (χ4v) is 1.36. The van der Waals surface area contributed by atoms with Crippen LogP contribution in [0.2, 0.25) is 0 Å². The van der Waals surface area contributed by atoms with Crippen LogP contribution in [-0.4, -0.2) is 21.3 Å². The number of aromatic amines is 1. The standard InChI is InChI=1S/C10H10FN3O2/c1-5(2)16-10-7-6(3-4-12-10)8(11)13-14-9(7)15/h3-5H,1-2H3,(H,14,15). The van der Waals surface area contributed by atoms with E-state index in [2.05, 4.69) is 15.2 Å². The average Bonchev–Trinajstić information content (AvgIpc) is 2.23. The summed E-state index contributed by atoms with van der Waals surface area (Å²) in [6.07, 6.45) is 1.23. The van der Waals surface area contributed by atoms with Crippen molar-refractivity contribution >= 4 is 10.8 Å². The highest BCUT2D eigenvalue weighted by molar-refractivity contribution is 5.85. The first-order chi connectivity index (χ1) is 7.59. The molecule has 0 saturated carbocycles. The number of halogens is 1. The third-order valence-electron chi connectivity index (χ3n) is 1.97. The van der Waals surface area contributed by atoms with Crippen LogP contribution in [0.1, 0.15) is 13.8 Å². The summed E-state index contributed by atoms with van der Waals surface area (Å²) in [6.45, 7) is 3.60. The Bertz CT molecular complexity index is 580. The quantitative estimate of drug-likeness (QED) is 0.831. The van der Waals surface area contributed by atoms with Crippen LogP contribution < -0.4 is 10.3 Å². The number of hydrogen-bond acceptors (Lipinski definition) is 4. The molecule has 2 aromatic rings. The molecule has 84 valence electrons. The van der Waals surface area contributed by atoms with Gasteiger partial charge in [0.05, 0.1) is 11.5 Å². The van der Waals surface area contributed by atoms with E-state index in [1.165, 1.54) is 12.3 Å². The highest BCUT2D eigenvalue weighted by Gasteiger charge is 2.13. The summed E-state index contributed by atoms with van der Waals surface area (Å²) in [5, 5.41) is 5.49. The van der Waals surface area contributed by atoms with Crippen LogP contribution in [0.25, 0.3) is 10.8 Å². The Hall–Kier alpha value is -1.98. The molecule has 1 N–H and O–H groups in total. The molecule has 0 bridgehead atoms. The van der Waals surface area contributed by atoms with E-state index < -0.39 is 11.5 Å². The lowest BCUT2D eigenvalue weighted by Gasteiger charge is -2.09. The van der Waals surface area contributed by atoms with Gasteiger partial charge in [0, 0.05) is 6.20 Å². The van der Waals surface area contributed by atoms with Crippen molar-refractivity contribution in [2.45, 2.75) is 20.0 Å². The lowest BCUT2D eigenvalue weighted by atomic mass is 10.2. The molecule has 0 spiro atoms. The molecule has 2 heterocycles. The normalized spacial score (nSPS) is 11.0. The molecule has 0 atom stereocenters. The van der Waals surface area contributed by atoms with Gasteiger partial charge in [-0.25, -0.2) is 10.1 Å². The van der Waals surface area contributed by atoms with Crippen LogP contribution in [0.3, 0.4) is 0 Å². The monoisotopic (exact) mass is 223 g/mol. The lowest BCUT2D eigenvalue weighted by molar-refractivity contribution is 0.236. The molecule has 2 aromatic heterocycles. The Morgan fingerprint density at radius 2 is 2.25 bits per heavy atom. The van der Waals surface area contributed by atoms with Crippen LogP contribution in [0, 0.1) is 5.95 Å². The van der Waals surface area contributed by atoms with Gasteiger partial charge in [-0.15, -0.1) is 5.10 Å². The van der Waals surface area contributed by atoms with Crippen molar-refractivity contribution in [2.24, 2.45) is 0 Å². The molecule has 16 heavy (non-hydrogen) atoms.